The molecular formula is C27H35ClN4O5. The molecule has 2 atom stereocenters. The molecule has 0 aliphatic carbocycles. The summed E-state index contributed by atoms with van der Waals surface area (Å²) in [6, 6.07) is 9.54. The Labute approximate surface area is 223 Å². The number of hydrogen-bond acceptors (Lipinski definition) is 7. The van der Waals surface area contributed by atoms with Crippen LogP contribution in [0.4, 0.5) is 5.82 Å². The Morgan fingerprint density at radius 3 is 2.97 bits per heavy atom. The Hall–Kier alpha value is -3.04. The number of anilines is 1. The van der Waals surface area contributed by atoms with Gasteiger partial charge in [0.25, 0.3) is 0 Å². The molecular weight excluding hydrogens is 496 g/mol. The van der Waals surface area contributed by atoms with Crippen molar-refractivity contribution in [3.63, 3.8) is 0 Å². The number of aryl methyl sites for hydroxylation is 2. The molecule has 0 radical (unpaired) electrons. The van der Waals surface area contributed by atoms with Crippen LogP contribution in [0.5, 0.6) is 11.5 Å². The molecule has 9 nitrogen and oxygen atoms in total. The van der Waals surface area contributed by atoms with E-state index in [9.17, 15) is 14.7 Å². The third-order valence-corrected chi connectivity index (χ3v) is 7.32. The molecule has 10 heteroatoms. The molecule has 1 aromatic carbocycles. The molecule has 200 valence electrons. The highest BCUT2D eigenvalue weighted by Crippen LogP contribution is 2.39. The van der Waals surface area contributed by atoms with E-state index < -0.39 is 11.9 Å². The topological polar surface area (TPSA) is 113 Å². The second kappa shape index (κ2) is 12.5. The molecule has 2 aromatic rings. The lowest BCUT2D eigenvalue weighted by Gasteiger charge is -2.32. The maximum Gasteiger partial charge on any atom is 0.312 e. The molecule has 1 aromatic heterocycles. The Balaban J connectivity index is 0.00000320. The standard InChI is InChI=1S/C27H34N4O5.ClH/c32-26(29-15-22(27(33)34)21-8-1-9-23-24(21)36-17-35-23)19-6-3-13-31(16-19)14-4-7-20-11-10-18-5-2-12-28-25(18)30-20;/h1,8-11,19,22H,2-7,12-17H2,(H,28,30)(H,29,32)(H,33,34);1H/t19-,22?;/m1./s1. The summed E-state index contributed by atoms with van der Waals surface area (Å²) < 4.78 is 10.9. The van der Waals surface area contributed by atoms with E-state index in [1.807, 2.05) is 0 Å². The third kappa shape index (κ3) is 6.45. The van der Waals surface area contributed by atoms with E-state index in [4.69, 9.17) is 14.5 Å². The Kier molecular flexibility index (Phi) is 9.10. The summed E-state index contributed by atoms with van der Waals surface area (Å²) in [4.78, 5) is 32.1. The molecule has 1 saturated heterocycles. The minimum Gasteiger partial charge on any atom is -0.481 e. The average molecular weight is 531 g/mol. The minimum absolute atomic E-state index is 0. The number of carboxylic acids is 1. The number of carbonyl (C=O) groups excluding carboxylic acids is 1. The van der Waals surface area contributed by atoms with Crippen LogP contribution in [0, 0.1) is 5.92 Å². The number of carbonyl (C=O) groups is 2. The Morgan fingerprint density at radius 2 is 2.11 bits per heavy atom. The lowest BCUT2D eigenvalue weighted by atomic mass is 9.95. The second-order valence-corrected chi connectivity index (χ2v) is 9.80. The highest BCUT2D eigenvalue weighted by Gasteiger charge is 2.30. The predicted octanol–water partition coefficient (Wildman–Crippen LogP) is 3.22. The van der Waals surface area contributed by atoms with Crippen LogP contribution in [0.3, 0.4) is 0 Å². The van der Waals surface area contributed by atoms with Crippen molar-refractivity contribution in [1.82, 2.24) is 15.2 Å². The summed E-state index contributed by atoms with van der Waals surface area (Å²) in [5, 5.41) is 16.1. The van der Waals surface area contributed by atoms with E-state index in [2.05, 4.69) is 27.7 Å². The van der Waals surface area contributed by atoms with E-state index in [0.29, 0.717) is 23.6 Å². The molecule has 5 rings (SSSR count). The van der Waals surface area contributed by atoms with Crippen LogP contribution in [0.2, 0.25) is 0 Å². The maximum atomic E-state index is 13.0. The normalized spacial score (nSPS) is 19.2. The SMILES string of the molecule is Cl.O=C(O)C(CNC(=O)[C@@H]1CCCN(CCCc2ccc3c(n2)NCCC3)C1)c1cccc2c1OCO2. The predicted molar refractivity (Wildman–Crippen MR) is 142 cm³/mol. The number of rotatable bonds is 9. The molecule has 1 fully saturated rings. The highest BCUT2D eigenvalue weighted by molar-refractivity contribution is 5.85. The molecule has 4 heterocycles. The molecule has 0 bridgehead atoms. The Morgan fingerprint density at radius 1 is 1.22 bits per heavy atom. The van der Waals surface area contributed by atoms with Crippen molar-refractivity contribution in [3.05, 3.63) is 47.2 Å². The summed E-state index contributed by atoms with van der Waals surface area (Å²) in [7, 11) is 0. The van der Waals surface area contributed by atoms with Crippen LogP contribution in [-0.4, -0.2) is 66.4 Å². The summed E-state index contributed by atoms with van der Waals surface area (Å²) in [5.41, 5.74) is 2.93. The fraction of sp³-hybridized carbons (Fsp3) is 0.519. The van der Waals surface area contributed by atoms with Gasteiger partial charge in [-0.1, -0.05) is 18.2 Å². The number of nitrogens with one attached hydrogen (secondary N) is 2. The lowest BCUT2D eigenvalue weighted by molar-refractivity contribution is -0.138. The third-order valence-electron chi connectivity index (χ3n) is 7.32. The van der Waals surface area contributed by atoms with Crippen molar-refractivity contribution in [2.75, 3.05) is 44.8 Å². The average Bonchev–Trinajstić information content (AvgIpc) is 3.38. The molecule has 3 aliphatic rings. The number of benzene rings is 1. The van der Waals surface area contributed by atoms with Crippen molar-refractivity contribution in [1.29, 1.82) is 0 Å². The number of nitrogens with zero attached hydrogens (tertiary/aromatic N) is 2. The van der Waals surface area contributed by atoms with Gasteiger partial charge in [0.1, 0.15) is 11.7 Å². The van der Waals surface area contributed by atoms with Gasteiger partial charge in [-0.2, -0.15) is 0 Å². The van der Waals surface area contributed by atoms with Crippen molar-refractivity contribution >= 4 is 30.1 Å². The first-order valence-corrected chi connectivity index (χ1v) is 12.9. The van der Waals surface area contributed by atoms with Crippen molar-refractivity contribution < 1.29 is 24.2 Å². The number of likely N-dealkylation sites (tertiary alicyclic amines) is 1. The first kappa shape index (κ1) is 27.0. The zero-order valence-corrected chi connectivity index (χ0v) is 21.7. The molecule has 1 amide bonds. The number of halogens is 1. The number of carboxylic acid groups (broad SMARTS) is 1. The van der Waals surface area contributed by atoms with Gasteiger partial charge in [0, 0.05) is 30.9 Å². The van der Waals surface area contributed by atoms with Gasteiger partial charge < -0.3 is 30.1 Å². The number of hydrogen-bond donors (Lipinski definition) is 3. The Bertz CT molecular complexity index is 1110. The van der Waals surface area contributed by atoms with Crippen LogP contribution in [0.25, 0.3) is 0 Å². The van der Waals surface area contributed by atoms with Gasteiger partial charge in [-0.15, -0.1) is 12.4 Å². The van der Waals surface area contributed by atoms with Crippen LogP contribution >= 0.6 is 12.4 Å². The second-order valence-electron chi connectivity index (χ2n) is 9.80. The maximum absolute atomic E-state index is 13.0. The van der Waals surface area contributed by atoms with Gasteiger partial charge in [-0.05, 0) is 69.3 Å². The van der Waals surface area contributed by atoms with Gasteiger partial charge in [0.05, 0.1) is 5.92 Å². The number of fused-ring (bicyclic) bond motifs is 2. The van der Waals surface area contributed by atoms with E-state index in [1.165, 1.54) is 5.56 Å². The minimum atomic E-state index is -1.00. The number of aliphatic carboxylic acids is 1. The monoisotopic (exact) mass is 530 g/mol. The van der Waals surface area contributed by atoms with Crippen molar-refractivity contribution in [2.24, 2.45) is 5.92 Å². The van der Waals surface area contributed by atoms with Gasteiger partial charge in [0.2, 0.25) is 12.7 Å². The summed E-state index contributed by atoms with van der Waals surface area (Å²) in [6.07, 6.45) is 5.93. The molecule has 37 heavy (non-hydrogen) atoms. The van der Waals surface area contributed by atoms with E-state index in [-0.39, 0.29) is 37.6 Å². The van der Waals surface area contributed by atoms with Gasteiger partial charge in [-0.25, -0.2) is 4.98 Å². The van der Waals surface area contributed by atoms with Crippen molar-refractivity contribution in [3.8, 4) is 11.5 Å². The van der Waals surface area contributed by atoms with Gasteiger partial charge in [0.15, 0.2) is 11.5 Å². The number of para-hydroxylation sites is 1. The van der Waals surface area contributed by atoms with E-state index in [1.54, 1.807) is 18.2 Å². The zero-order valence-electron chi connectivity index (χ0n) is 20.9. The number of piperidine rings is 1. The van der Waals surface area contributed by atoms with Crippen LogP contribution in [0.1, 0.15) is 48.4 Å². The molecule has 0 saturated carbocycles. The number of aromatic nitrogens is 1. The highest BCUT2D eigenvalue weighted by atomic mass is 35.5. The smallest absolute Gasteiger partial charge is 0.312 e. The molecule has 3 aliphatic heterocycles. The molecule has 0 spiro atoms. The van der Waals surface area contributed by atoms with Gasteiger partial charge >= 0.3 is 5.97 Å². The quantitative estimate of drug-likeness (QED) is 0.453. The molecule has 3 N–H and O–H groups in total. The summed E-state index contributed by atoms with van der Waals surface area (Å²) in [5.74, 6) is -0.104. The number of pyridine rings is 1. The van der Waals surface area contributed by atoms with Crippen LogP contribution in [0.15, 0.2) is 30.3 Å². The van der Waals surface area contributed by atoms with Gasteiger partial charge in [-0.3, -0.25) is 9.59 Å². The fourth-order valence-electron chi connectivity index (χ4n) is 5.37. The van der Waals surface area contributed by atoms with E-state index >= 15 is 0 Å². The first-order valence-electron chi connectivity index (χ1n) is 12.9. The van der Waals surface area contributed by atoms with Crippen LogP contribution < -0.4 is 20.1 Å². The number of ether oxygens (including phenoxy) is 2. The summed E-state index contributed by atoms with van der Waals surface area (Å²) in [6.45, 7) is 3.67. The summed E-state index contributed by atoms with van der Waals surface area (Å²) >= 11 is 0. The van der Waals surface area contributed by atoms with Crippen LogP contribution in [-0.2, 0) is 22.4 Å². The first-order chi connectivity index (χ1) is 17.6. The lowest BCUT2D eigenvalue weighted by Crippen LogP contribution is -2.44. The number of amides is 1. The largest absolute Gasteiger partial charge is 0.481 e. The van der Waals surface area contributed by atoms with Crippen molar-refractivity contribution in [2.45, 2.75) is 44.4 Å². The molecule has 1 unspecified atom stereocenters. The van der Waals surface area contributed by atoms with E-state index in [0.717, 1.165) is 69.7 Å². The fourth-order valence-corrected chi connectivity index (χ4v) is 5.37. The zero-order chi connectivity index (χ0) is 24.9.